The van der Waals surface area contributed by atoms with Gasteiger partial charge in [0.25, 0.3) is 5.91 Å². The lowest BCUT2D eigenvalue weighted by atomic mass is 10.2. The van der Waals surface area contributed by atoms with Gasteiger partial charge in [-0.3, -0.25) is 4.79 Å². The predicted octanol–water partition coefficient (Wildman–Crippen LogP) is 2.91. The van der Waals surface area contributed by atoms with Crippen molar-refractivity contribution >= 4 is 39.4 Å². The third kappa shape index (κ3) is 5.02. The van der Waals surface area contributed by atoms with Crippen molar-refractivity contribution in [1.29, 1.82) is 5.26 Å². The molecule has 0 radical (unpaired) electrons. The van der Waals surface area contributed by atoms with Crippen LogP contribution in [0.5, 0.6) is 5.75 Å². The van der Waals surface area contributed by atoms with Crippen molar-refractivity contribution in [3.8, 4) is 11.8 Å². The van der Waals surface area contributed by atoms with Gasteiger partial charge in [-0.25, -0.2) is 5.43 Å². The Hall–Kier alpha value is -2.17. The van der Waals surface area contributed by atoms with E-state index in [9.17, 15) is 4.79 Å². The summed E-state index contributed by atoms with van der Waals surface area (Å²) in [5.41, 5.74) is 2.92. The molecule has 0 saturated carbocycles. The molecule has 21 heavy (non-hydrogen) atoms. The van der Waals surface area contributed by atoms with Crippen LogP contribution in [0.4, 0.5) is 0 Å². The molecule has 0 spiro atoms. The molecule has 0 unspecified atom stereocenters. The summed E-state index contributed by atoms with van der Waals surface area (Å²) in [4.78, 5) is 12.5. The Balaban J connectivity index is 1.76. The van der Waals surface area contributed by atoms with Crippen LogP contribution in [0.2, 0.25) is 0 Å². The summed E-state index contributed by atoms with van der Waals surface area (Å²) in [5.74, 6) is 0.168. The number of hydrogen-bond acceptors (Lipinski definition) is 5. The van der Waals surface area contributed by atoms with Gasteiger partial charge in [0, 0.05) is 14.7 Å². The summed E-state index contributed by atoms with van der Waals surface area (Å²) < 4.78 is 6.25. The van der Waals surface area contributed by atoms with E-state index in [0.717, 1.165) is 9.35 Å². The number of thiophene rings is 1. The lowest BCUT2D eigenvalue weighted by Crippen LogP contribution is -2.24. The molecule has 106 valence electrons. The number of nitrogens with zero attached hydrogens (tertiary/aromatic N) is 2. The van der Waals surface area contributed by atoms with Gasteiger partial charge in [0.05, 0.1) is 17.8 Å². The number of ether oxygens (including phenoxy) is 1. The largest absolute Gasteiger partial charge is 0.484 e. The fourth-order valence-electron chi connectivity index (χ4n) is 1.37. The average molecular weight is 364 g/mol. The van der Waals surface area contributed by atoms with Crippen LogP contribution < -0.4 is 10.2 Å². The molecule has 1 amide bonds. The van der Waals surface area contributed by atoms with E-state index in [-0.39, 0.29) is 12.5 Å². The smallest absolute Gasteiger partial charge is 0.277 e. The van der Waals surface area contributed by atoms with Crippen LogP contribution in [0, 0.1) is 11.3 Å². The number of amides is 1. The van der Waals surface area contributed by atoms with Crippen LogP contribution in [-0.2, 0) is 4.79 Å². The Morgan fingerprint density at radius 3 is 2.86 bits per heavy atom. The van der Waals surface area contributed by atoms with Gasteiger partial charge in [-0.1, -0.05) is 0 Å². The maximum Gasteiger partial charge on any atom is 0.277 e. The molecule has 1 N–H and O–H groups in total. The van der Waals surface area contributed by atoms with Crippen molar-refractivity contribution in [2.45, 2.75) is 0 Å². The topological polar surface area (TPSA) is 74.5 Å². The number of halogens is 1. The van der Waals surface area contributed by atoms with Gasteiger partial charge in [-0.2, -0.15) is 10.4 Å². The van der Waals surface area contributed by atoms with Crippen molar-refractivity contribution in [2.75, 3.05) is 6.61 Å². The maximum atomic E-state index is 11.5. The first kappa shape index (κ1) is 15.2. The average Bonchev–Trinajstić information content (AvgIpc) is 2.91. The molecule has 0 atom stereocenters. The Kier molecular flexibility index (Phi) is 5.49. The molecule has 2 aromatic rings. The highest BCUT2D eigenvalue weighted by Gasteiger charge is 2.01. The summed E-state index contributed by atoms with van der Waals surface area (Å²) in [6.07, 6.45) is 1.56. The molecule has 1 aromatic carbocycles. The second-order valence-electron chi connectivity index (χ2n) is 3.89. The number of hydrogen-bond donors (Lipinski definition) is 1. The number of carbonyl (C=O) groups excluding carboxylic acids is 1. The van der Waals surface area contributed by atoms with Crippen LogP contribution in [0.1, 0.15) is 10.4 Å². The molecular formula is C14H10BrN3O2S. The van der Waals surface area contributed by atoms with E-state index in [1.54, 1.807) is 30.5 Å². The van der Waals surface area contributed by atoms with Gasteiger partial charge in [0.1, 0.15) is 5.75 Å². The highest BCUT2D eigenvalue weighted by Crippen LogP contribution is 2.17. The van der Waals surface area contributed by atoms with Crippen molar-refractivity contribution in [2.24, 2.45) is 5.10 Å². The molecular weight excluding hydrogens is 354 g/mol. The highest BCUT2D eigenvalue weighted by atomic mass is 79.9. The molecule has 0 saturated heterocycles. The van der Waals surface area contributed by atoms with Crippen LogP contribution in [0.15, 0.2) is 45.3 Å². The zero-order chi connectivity index (χ0) is 15.1. The van der Waals surface area contributed by atoms with Crippen LogP contribution in [-0.4, -0.2) is 18.7 Å². The summed E-state index contributed by atoms with van der Waals surface area (Å²) in [7, 11) is 0. The van der Waals surface area contributed by atoms with E-state index < -0.39 is 0 Å². The number of nitrogens with one attached hydrogen (secondary N) is 1. The highest BCUT2D eigenvalue weighted by molar-refractivity contribution is 9.10. The molecule has 0 fully saturated rings. The normalized spacial score (nSPS) is 10.3. The second kappa shape index (κ2) is 7.57. The third-order valence-corrected chi connectivity index (χ3v) is 3.95. The Labute approximate surface area is 134 Å². The molecule has 7 heteroatoms. The zero-order valence-corrected chi connectivity index (χ0v) is 13.1. The van der Waals surface area contributed by atoms with Crippen molar-refractivity contribution in [3.05, 3.63) is 50.6 Å². The van der Waals surface area contributed by atoms with Crippen LogP contribution >= 0.6 is 27.3 Å². The molecule has 0 aliphatic heterocycles. The second-order valence-corrected chi connectivity index (χ2v) is 5.74. The zero-order valence-electron chi connectivity index (χ0n) is 10.7. The minimum absolute atomic E-state index is 0.141. The fourth-order valence-corrected chi connectivity index (χ4v) is 2.67. The Morgan fingerprint density at radius 2 is 2.24 bits per heavy atom. The first-order valence-electron chi connectivity index (χ1n) is 5.86. The number of carbonyl (C=O) groups is 1. The molecule has 0 aliphatic rings. The number of hydrazone groups is 1. The van der Waals surface area contributed by atoms with E-state index in [0.29, 0.717) is 11.3 Å². The van der Waals surface area contributed by atoms with E-state index >= 15 is 0 Å². The first-order chi connectivity index (χ1) is 10.2. The van der Waals surface area contributed by atoms with Gasteiger partial charge >= 0.3 is 0 Å². The van der Waals surface area contributed by atoms with Crippen molar-refractivity contribution in [3.63, 3.8) is 0 Å². The van der Waals surface area contributed by atoms with Gasteiger partial charge in [0.15, 0.2) is 6.61 Å². The molecule has 1 heterocycles. The Morgan fingerprint density at radius 1 is 1.48 bits per heavy atom. The Bertz CT molecular complexity index is 689. The monoisotopic (exact) mass is 363 g/mol. The van der Waals surface area contributed by atoms with Gasteiger partial charge < -0.3 is 4.74 Å². The summed E-state index contributed by atoms with van der Waals surface area (Å²) >= 11 is 4.85. The van der Waals surface area contributed by atoms with E-state index in [1.807, 2.05) is 17.5 Å². The van der Waals surface area contributed by atoms with Gasteiger partial charge in [0.2, 0.25) is 0 Å². The standard InChI is InChI=1S/C14H10BrN3O2S/c15-11-5-13(21-9-11)7-17-18-14(19)8-20-12-3-1-10(6-16)2-4-12/h1-5,7,9H,8H2,(H,18,19)/b17-7-. The minimum atomic E-state index is -0.355. The summed E-state index contributed by atoms with van der Waals surface area (Å²) in [6, 6.07) is 10.4. The lowest BCUT2D eigenvalue weighted by Gasteiger charge is -2.04. The molecule has 2 rings (SSSR count). The molecule has 0 aliphatic carbocycles. The van der Waals surface area contributed by atoms with Gasteiger partial charge in [-0.05, 0) is 46.3 Å². The number of nitriles is 1. The van der Waals surface area contributed by atoms with Crippen molar-refractivity contribution in [1.82, 2.24) is 5.43 Å². The lowest BCUT2D eigenvalue weighted by molar-refractivity contribution is -0.123. The first-order valence-corrected chi connectivity index (χ1v) is 7.53. The third-order valence-electron chi connectivity index (χ3n) is 2.32. The maximum absolute atomic E-state index is 11.5. The molecule has 5 nitrogen and oxygen atoms in total. The SMILES string of the molecule is N#Cc1ccc(OCC(=O)N/N=C\c2cc(Br)cs2)cc1. The van der Waals surface area contributed by atoms with Gasteiger partial charge in [-0.15, -0.1) is 11.3 Å². The van der Waals surface area contributed by atoms with E-state index in [2.05, 4.69) is 26.5 Å². The van der Waals surface area contributed by atoms with E-state index in [1.165, 1.54) is 11.3 Å². The quantitative estimate of drug-likeness (QED) is 0.655. The predicted molar refractivity (Wildman–Crippen MR) is 84.4 cm³/mol. The minimum Gasteiger partial charge on any atom is -0.484 e. The molecule has 0 bridgehead atoms. The van der Waals surface area contributed by atoms with Crippen LogP contribution in [0.25, 0.3) is 0 Å². The fraction of sp³-hybridized carbons (Fsp3) is 0.0714. The summed E-state index contributed by atoms with van der Waals surface area (Å²) in [5, 5.41) is 14.4. The number of rotatable bonds is 5. The van der Waals surface area contributed by atoms with Crippen LogP contribution in [0.3, 0.4) is 0 Å². The number of benzene rings is 1. The van der Waals surface area contributed by atoms with E-state index in [4.69, 9.17) is 10.00 Å². The summed E-state index contributed by atoms with van der Waals surface area (Å²) in [6.45, 7) is -0.141. The molecule has 1 aromatic heterocycles. The van der Waals surface area contributed by atoms with Crippen molar-refractivity contribution < 1.29 is 9.53 Å².